The van der Waals surface area contributed by atoms with Crippen LogP contribution in [0.25, 0.3) is 0 Å². The van der Waals surface area contributed by atoms with Crippen LogP contribution in [-0.4, -0.2) is 24.1 Å². The Labute approximate surface area is 438 Å². The molecule has 1 aromatic carbocycles. The fraction of sp³-hybridized carbons (Fsp3) is 0.879. The molecule has 0 amide bonds. The van der Waals surface area contributed by atoms with Crippen molar-refractivity contribution in [3.63, 3.8) is 0 Å². The molecule has 0 saturated heterocycles. The number of unbranched alkanes of at least 4 members (excludes halogenated alkanes) is 34. The van der Waals surface area contributed by atoms with Crippen molar-refractivity contribution >= 4 is 11.9 Å². The maximum atomic E-state index is 14.0. The number of hydrogen-bond donors (Lipinski definition) is 0. The van der Waals surface area contributed by atoms with E-state index in [1.54, 1.807) is 12.1 Å². The summed E-state index contributed by atoms with van der Waals surface area (Å²) in [5.74, 6) is 0.780. The van der Waals surface area contributed by atoms with Crippen LogP contribution in [0, 0.1) is 11.8 Å². The normalized spacial score (nSPS) is 13.3. The molecular formula is C66H122O4. The Kier molecular flexibility index (Phi) is 47.9. The first-order valence-electron chi connectivity index (χ1n) is 31.9. The minimum Gasteiger partial charge on any atom is -0.459 e. The highest BCUT2D eigenvalue weighted by atomic mass is 16.5. The van der Waals surface area contributed by atoms with E-state index < -0.39 is 0 Å². The van der Waals surface area contributed by atoms with Gasteiger partial charge in [0, 0.05) is 0 Å². The van der Waals surface area contributed by atoms with Crippen LogP contribution in [0.1, 0.15) is 370 Å². The van der Waals surface area contributed by atoms with Gasteiger partial charge >= 0.3 is 11.9 Å². The Hall–Kier alpha value is -1.84. The zero-order chi connectivity index (χ0) is 50.8. The van der Waals surface area contributed by atoms with Gasteiger partial charge in [-0.05, 0) is 75.3 Å². The van der Waals surface area contributed by atoms with E-state index in [2.05, 4.69) is 41.5 Å². The predicted octanol–water partition coefficient (Wildman–Crippen LogP) is 22.8. The number of ether oxygens (including phenoxy) is 2. The molecule has 0 radical (unpaired) electrons. The summed E-state index contributed by atoms with van der Waals surface area (Å²) in [7, 11) is 0. The lowest BCUT2D eigenvalue weighted by Crippen LogP contribution is -2.23. The van der Waals surface area contributed by atoms with Gasteiger partial charge in [0.15, 0.2) is 0 Å². The van der Waals surface area contributed by atoms with Crippen molar-refractivity contribution < 1.29 is 19.1 Å². The van der Waals surface area contributed by atoms with E-state index in [0.29, 0.717) is 11.1 Å². The zero-order valence-electron chi connectivity index (χ0n) is 48.2. The highest BCUT2D eigenvalue weighted by Gasteiger charge is 2.24. The third kappa shape index (κ3) is 40.6. The van der Waals surface area contributed by atoms with E-state index in [4.69, 9.17) is 9.47 Å². The topological polar surface area (TPSA) is 52.6 Å². The number of benzene rings is 1. The Morgan fingerprint density at radius 3 is 0.729 bits per heavy atom. The van der Waals surface area contributed by atoms with Gasteiger partial charge in [-0.2, -0.15) is 0 Å². The molecule has 4 atom stereocenters. The van der Waals surface area contributed by atoms with Crippen LogP contribution < -0.4 is 0 Å². The van der Waals surface area contributed by atoms with Gasteiger partial charge in [-0.25, -0.2) is 9.59 Å². The summed E-state index contributed by atoms with van der Waals surface area (Å²) in [5, 5.41) is 0. The molecule has 0 heterocycles. The molecule has 0 aromatic heterocycles. The molecular weight excluding hydrogens is 857 g/mol. The van der Waals surface area contributed by atoms with Crippen LogP contribution in [0.2, 0.25) is 0 Å². The molecule has 70 heavy (non-hydrogen) atoms. The fourth-order valence-corrected chi connectivity index (χ4v) is 10.8. The van der Waals surface area contributed by atoms with Gasteiger partial charge in [0.05, 0.1) is 11.1 Å². The largest absolute Gasteiger partial charge is 0.459 e. The molecule has 1 rings (SSSR count). The Balaban J connectivity index is 2.67. The Morgan fingerprint density at radius 2 is 0.486 bits per heavy atom. The standard InChI is InChI=1S/C66H122O4/c1-7-11-15-19-23-25-27-29-31-33-35-39-49-59(5)51-43-45-55-61(53-41-37-21-17-13-9-3)69-65(67)63-57-47-48-58-64(63)66(68)70-62(54-42-38-22-18-14-10-4)56-46-44-52-60(6)50-40-36-34-32-30-28-26-24-20-16-12-8-2/h47-48,57-62H,7-46,49-56H2,1-6H3. The van der Waals surface area contributed by atoms with E-state index >= 15 is 0 Å². The van der Waals surface area contributed by atoms with Crippen molar-refractivity contribution in [1.82, 2.24) is 0 Å². The van der Waals surface area contributed by atoms with Crippen LogP contribution in [0.5, 0.6) is 0 Å². The van der Waals surface area contributed by atoms with Crippen molar-refractivity contribution in [3.05, 3.63) is 35.4 Å². The fourth-order valence-electron chi connectivity index (χ4n) is 10.8. The summed E-state index contributed by atoms with van der Waals surface area (Å²) in [6.07, 6.45) is 61.5. The number of rotatable bonds is 54. The molecule has 0 spiro atoms. The van der Waals surface area contributed by atoms with Gasteiger partial charge in [-0.15, -0.1) is 0 Å². The lowest BCUT2D eigenvalue weighted by Gasteiger charge is -2.21. The molecule has 4 heteroatoms. The van der Waals surface area contributed by atoms with E-state index in [1.165, 1.54) is 257 Å². The summed E-state index contributed by atoms with van der Waals surface area (Å²) in [6.45, 7) is 14.0. The molecule has 1 aromatic rings. The first kappa shape index (κ1) is 66.2. The molecule has 4 unspecified atom stereocenters. The molecule has 0 N–H and O–H groups in total. The third-order valence-corrected chi connectivity index (χ3v) is 15.7. The molecule has 0 bridgehead atoms. The van der Waals surface area contributed by atoms with Crippen LogP contribution in [0.4, 0.5) is 0 Å². The predicted molar refractivity (Wildman–Crippen MR) is 307 cm³/mol. The monoisotopic (exact) mass is 979 g/mol. The summed E-state index contributed by atoms with van der Waals surface area (Å²) < 4.78 is 12.7. The summed E-state index contributed by atoms with van der Waals surface area (Å²) >= 11 is 0. The summed E-state index contributed by atoms with van der Waals surface area (Å²) in [5.41, 5.74) is 0.725. The molecule has 4 nitrogen and oxygen atoms in total. The Bertz CT molecular complexity index is 1160. The first-order chi connectivity index (χ1) is 34.4. The first-order valence-corrected chi connectivity index (χ1v) is 31.9. The molecule has 410 valence electrons. The zero-order valence-corrected chi connectivity index (χ0v) is 48.2. The second-order valence-corrected chi connectivity index (χ2v) is 22.8. The summed E-state index contributed by atoms with van der Waals surface area (Å²) in [6, 6.07) is 7.28. The van der Waals surface area contributed by atoms with Crippen molar-refractivity contribution in [1.29, 1.82) is 0 Å². The average Bonchev–Trinajstić information content (AvgIpc) is 3.36. The highest BCUT2D eigenvalue weighted by molar-refractivity contribution is 6.03. The van der Waals surface area contributed by atoms with Crippen LogP contribution >= 0.6 is 0 Å². The lowest BCUT2D eigenvalue weighted by atomic mass is 9.95. The highest BCUT2D eigenvalue weighted by Crippen LogP contribution is 2.25. The maximum absolute atomic E-state index is 14.0. The SMILES string of the molecule is CCCCCCCCCCCCCCC(C)CCCCC(CCCCCCCC)OC(=O)c1ccccc1C(=O)OC(CCCCCCCC)CCCCC(C)CCCCCCCCCCCCCC. The number of carbonyl (C=O) groups is 2. The van der Waals surface area contributed by atoms with E-state index in [-0.39, 0.29) is 24.1 Å². The van der Waals surface area contributed by atoms with Gasteiger partial charge in [-0.1, -0.05) is 311 Å². The third-order valence-electron chi connectivity index (χ3n) is 15.7. The van der Waals surface area contributed by atoms with E-state index in [9.17, 15) is 9.59 Å². The number of hydrogen-bond acceptors (Lipinski definition) is 4. The van der Waals surface area contributed by atoms with Gasteiger partial charge in [0.1, 0.15) is 12.2 Å². The van der Waals surface area contributed by atoms with E-state index in [0.717, 1.165) is 63.2 Å². The number of carbonyl (C=O) groups excluding carboxylic acids is 2. The molecule has 0 aliphatic heterocycles. The van der Waals surface area contributed by atoms with Gasteiger partial charge in [-0.3, -0.25) is 0 Å². The molecule has 0 saturated carbocycles. The van der Waals surface area contributed by atoms with Gasteiger partial charge in [0.2, 0.25) is 0 Å². The second-order valence-electron chi connectivity index (χ2n) is 22.8. The number of esters is 2. The van der Waals surface area contributed by atoms with Crippen molar-refractivity contribution in [2.75, 3.05) is 0 Å². The van der Waals surface area contributed by atoms with Crippen LogP contribution in [-0.2, 0) is 9.47 Å². The van der Waals surface area contributed by atoms with E-state index in [1.807, 2.05) is 12.1 Å². The van der Waals surface area contributed by atoms with Crippen molar-refractivity contribution in [2.45, 2.75) is 362 Å². The molecule has 0 aliphatic carbocycles. The maximum Gasteiger partial charge on any atom is 0.339 e. The van der Waals surface area contributed by atoms with Crippen molar-refractivity contribution in [3.8, 4) is 0 Å². The Morgan fingerprint density at radius 1 is 0.300 bits per heavy atom. The minimum atomic E-state index is -0.362. The van der Waals surface area contributed by atoms with Gasteiger partial charge < -0.3 is 9.47 Å². The quantitative estimate of drug-likeness (QED) is 0.0482. The molecule has 0 aliphatic rings. The molecule has 0 fully saturated rings. The van der Waals surface area contributed by atoms with Crippen molar-refractivity contribution in [2.24, 2.45) is 11.8 Å². The summed E-state index contributed by atoms with van der Waals surface area (Å²) in [4.78, 5) is 28.0. The van der Waals surface area contributed by atoms with Crippen LogP contribution in [0.3, 0.4) is 0 Å². The van der Waals surface area contributed by atoms with Crippen LogP contribution in [0.15, 0.2) is 24.3 Å². The average molecular weight is 980 g/mol. The smallest absolute Gasteiger partial charge is 0.339 e. The lowest BCUT2D eigenvalue weighted by molar-refractivity contribution is 0.0200. The minimum absolute atomic E-state index is 0.114. The van der Waals surface area contributed by atoms with Gasteiger partial charge in [0.25, 0.3) is 0 Å². The second kappa shape index (κ2) is 50.7.